The van der Waals surface area contributed by atoms with Gasteiger partial charge < -0.3 is 9.47 Å². The van der Waals surface area contributed by atoms with E-state index in [2.05, 4.69) is 27.0 Å². The number of rotatable bonds is 6. The predicted molar refractivity (Wildman–Crippen MR) is 95.3 cm³/mol. The monoisotopic (exact) mass is 350 g/mol. The summed E-state index contributed by atoms with van der Waals surface area (Å²) < 4.78 is 11.8. The number of nitrogens with zero attached hydrogens (tertiary/aromatic N) is 4. The molecule has 0 aromatic carbocycles. The van der Waals surface area contributed by atoms with Crippen molar-refractivity contribution in [1.29, 1.82) is 5.26 Å². The van der Waals surface area contributed by atoms with Crippen LogP contribution in [0.3, 0.4) is 0 Å². The second kappa shape index (κ2) is 7.81. The summed E-state index contributed by atoms with van der Waals surface area (Å²) in [5, 5.41) is 8.80. The molecule has 0 N–H and O–H groups in total. The maximum atomic E-state index is 8.80. The van der Waals surface area contributed by atoms with E-state index in [1.165, 1.54) is 6.20 Å². The van der Waals surface area contributed by atoms with Gasteiger partial charge in [0.25, 0.3) is 0 Å². The lowest BCUT2D eigenvalue weighted by molar-refractivity contribution is 0.0921. The van der Waals surface area contributed by atoms with E-state index in [-0.39, 0.29) is 0 Å². The van der Waals surface area contributed by atoms with Gasteiger partial charge in [0.2, 0.25) is 5.88 Å². The Labute approximate surface area is 153 Å². The van der Waals surface area contributed by atoms with Crippen LogP contribution < -0.4 is 4.74 Å². The van der Waals surface area contributed by atoms with Crippen LogP contribution in [-0.4, -0.2) is 47.3 Å². The van der Waals surface area contributed by atoms with Crippen LogP contribution in [0.25, 0.3) is 0 Å². The van der Waals surface area contributed by atoms with E-state index in [1.807, 2.05) is 18.3 Å². The first-order valence-electron chi connectivity index (χ1n) is 9.04. The fraction of sp³-hybridized carbons (Fsp3) is 0.450. The van der Waals surface area contributed by atoms with Crippen LogP contribution in [0.2, 0.25) is 0 Å². The van der Waals surface area contributed by atoms with Crippen LogP contribution in [0.4, 0.5) is 0 Å². The first kappa shape index (κ1) is 17.0. The van der Waals surface area contributed by atoms with Crippen LogP contribution in [-0.2, 0) is 11.3 Å². The Morgan fingerprint density at radius 3 is 2.96 bits per heavy atom. The third-order valence-corrected chi connectivity index (χ3v) is 5.23. The maximum Gasteiger partial charge on any atom is 0.213 e. The summed E-state index contributed by atoms with van der Waals surface area (Å²) >= 11 is 0. The van der Waals surface area contributed by atoms with Gasteiger partial charge in [0.1, 0.15) is 6.07 Å². The maximum absolute atomic E-state index is 8.80. The number of nitriles is 1. The first-order valence-corrected chi connectivity index (χ1v) is 9.04. The van der Waals surface area contributed by atoms with Crippen molar-refractivity contribution < 1.29 is 9.47 Å². The highest BCUT2D eigenvalue weighted by molar-refractivity contribution is 5.28. The van der Waals surface area contributed by atoms with Gasteiger partial charge in [0.05, 0.1) is 30.6 Å². The average molecular weight is 350 g/mol. The van der Waals surface area contributed by atoms with E-state index in [9.17, 15) is 0 Å². The van der Waals surface area contributed by atoms with Gasteiger partial charge in [-0.25, -0.2) is 4.98 Å². The smallest absolute Gasteiger partial charge is 0.213 e. The molecule has 2 saturated heterocycles. The molecule has 26 heavy (non-hydrogen) atoms. The molecule has 0 amide bonds. The van der Waals surface area contributed by atoms with E-state index >= 15 is 0 Å². The molecular weight excluding hydrogens is 328 g/mol. The Kier molecular flexibility index (Phi) is 5.09. The number of ether oxygens (including phenoxy) is 2. The summed E-state index contributed by atoms with van der Waals surface area (Å²) in [6.07, 6.45) is 4.67. The minimum absolute atomic E-state index is 0.330. The van der Waals surface area contributed by atoms with E-state index in [0.717, 1.165) is 38.4 Å². The number of aromatic nitrogens is 2. The molecule has 2 fully saturated rings. The molecule has 0 radical (unpaired) electrons. The molecule has 2 aromatic rings. The normalized spacial score (nSPS) is 25.0. The zero-order chi connectivity index (χ0) is 17.8. The summed E-state index contributed by atoms with van der Waals surface area (Å²) in [5.74, 6) is 1.66. The number of hydrogen-bond acceptors (Lipinski definition) is 6. The Balaban J connectivity index is 1.26. The van der Waals surface area contributed by atoms with Gasteiger partial charge in [-0.15, -0.1) is 0 Å². The predicted octanol–water partition coefficient (Wildman–Crippen LogP) is 2.26. The van der Waals surface area contributed by atoms with Gasteiger partial charge in [-0.3, -0.25) is 9.88 Å². The van der Waals surface area contributed by atoms with Crippen molar-refractivity contribution in [2.24, 2.45) is 11.8 Å². The summed E-state index contributed by atoms with van der Waals surface area (Å²) in [6, 6.07) is 11.6. The molecule has 0 saturated carbocycles. The third-order valence-electron chi connectivity index (χ3n) is 5.23. The molecule has 3 atom stereocenters. The van der Waals surface area contributed by atoms with Gasteiger partial charge in [0, 0.05) is 44.0 Å². The molecule has 2 aliphatic rings. The Hall–Kier alpha value is -2.49. The fourth-order valence-corrected chi connectivity index (χ4v) is 3.87. The second-order valence-corrected chi connectivity index (χ2v) is 6.94. The van der Waals surface area contributed by atoms with Crippen LogP contribution in [0, 0.1) is 23.2 Å². The van der Waals surface area contributed by atoms with Gasteiger partial charge in [-0.1, -0.05) is 6.07 Å². The summed E-state index contributed by atoms with van der Waals surface area (Å²) in [4.78, 5) is 11.0. The molecular formula is C20H22N4O2. The standard InChI is InChI=1S/C20H22N4O2/c21-9-15-4-5-20(23-10-15)25-8-6-16-14-26-19-13-24(12-18(16)19)11-17-3-1-2-7-22-17/h1-5,7,10,16,18-19H,6,8,11-14H2/t16-,18-,19-/m0/s1. The van der Waals surface area contributed by atoms with E-state index in [1.54, 1.807) is 12.1 Å². The molecule has 6 nitrogen and oxygen atoms in total. The van der Waals surface area contributed by atoms with Crippen LogP contribution in [0.5, 0.6) is 5.88 Å². The topological polar surface area (TPSA) is 71.3 Å². The molecule has 4 heterocycles. The van der Waals surface area contributed by atoms with Crippen molar-refractivity contribution in [2.75, 3.05) is 26.3 Å². The van der Waals surface area contributed by atoms with Crippen molar-refractivity contribution in [3.63, 3.8) is 0 Å². The Morgan fingerprint density at radius 2 is 2.19 bits per heavy atom. The number of hydrogen-bond donors (Lipinski definition) is 0. The van der Waals surface area contributed by atoms with Crippen molar-refractivity contribution in [1.82, 2.24) is 14.9 Å². The van der Waals surface area contributed by atoms with Crippen molar-refractivity contribution in [3.05, 3.63) is 54.0 Å². The lowest BCUT2D eigenvalue weighted by Gasteiger charge is -2.19. The zero-order valence-electron chi connectivity index (χ0n) is 14.6. The molecule has 2 aliphatic heterocycles. The SMILES string of the molecule is N#Cc1ccc(OCC[C@H]2CO[C@H]3CN(Cc4ccccn4)C[C@@H]23)nc1. The number of pyridine rings is 2. The minimum Gasteiger partial charge on any atom is -0.478 e. The lowest BCUT2D eigenvalue weighted by Crippen LogP contribution is -2.25. The van der Waals surface area contributed by atoms with Crippen LogP contribution in [0.15, 0.2) is 42.7 Å². The number of likely N-dealkylation sites (tertiary alicyclic amines) is 1. The summed E-state index contributed by atoms with van der Waals surface area (Å²) in [7, 11) is 0. The molecule has 0 spiro atoms. The van der Waals surface area contributed by atoms with E-state index in [4.69, 9.17) is 14.7 Å². The molecule has 134 valence electrons. The van der Waals surface area contributed by atoms with E-state index < -0.39 is 0 Å². The molecule has 0 unspecified atom stereocenters. The highest BCUT2D eigenvalue weighted by Crippen LogP contribution is 2.35. The van der Waals surface area contributed by atoms with Crippen LogP contribution in [0.1, 0.15) is 17.7 Å². The van der Waals surface area contributed by atoms with Crippen molar-refractivity contribution in [3.8, 4) is 11.9 Å². The lowest BCUT2D eigenvalue weighted by atomic mass is 9.91. The molecule has 4 rings (SSSR count). The van der Waals surface area contributed by atoms with Gasteiger partial charge in [-0.2, -0.15) is 5.26 Å². The van der Waals surface area contributed by atoms with Gasteiger partial charge in [-0.05, 0) is 30.5 Å². The molecule has 6 heteroatoms. The minimum atomic E-state index is 0.330. The van der Waals surface area contributed by atoms with Gasteiger partial charge in [0.15, 0.2) is 0 Å². The van der Waals surface area contributed by atoms with E-state index in [0.29, 0.717) is 36.0 Å². The highest BCUT2D eigenvalue weighted by atomic mass is 16.5. The molecule has 2 aromatic heterocycles. The highest BCUT2D eigenvalue weighted by Gasteiger charge is 2.43. The average Bonchev–Trinajstić information content (AvgIpc) is 3.24. The third kappa shape index (κ3) is 3.85. The largest absolute Gasteiger partial charge is 0.478 e. The molecule has 0 aliphatic carbocycles. The Morgan fingerprint density at radius 1 is 1.23 bits per heavy atom. The quantitative estimate of drug-likeness (QED) is 0.796. The molecule has 0 bridgehead atoms. The van der Waals surface area contributed by atoms with Crippen molar-refractivity contribution in [2.45, 2.75) is 19.1 Å². The van der Waals surface area contributed by atoms with Crippen LogP contribution >= 0.6 is 0 Å². The van der Waals surface area contributed by atoms with Gasteiger partial charge >= 0.3 is 0 Å². The zero-order valence-corrected chi connectivity index (χ0v) is 14.6. The second-order valence-electron chi connectivity index (χ2n) is 6.94. The number of fused-ring (bicyclic) bond motifs is 1. The Bertz CT molecular complexity index is 760. The summed E-state index contributed by atoms with van der Waals surface area (Å²) in [6.45, 7) is 4.36. The fourth-order valence-electron chi connectivity index (χ4n) is 3.87. The summed E-state index contributed by atoms with van der Waals surface area (Å²) in [5.41, 5.74) is 1.66. The van der Waals surface area contributed by atoms with Crippen molar-refractivity contribution >= 4 is 0 Å². The first-order chi connectivity index (χ1) is 12.8.